The molecule has 0 fully saturated rings. The third kappa shape index (κ3) is 4.56. The molecule has 0 heterocycles. The van der Waals surface area contributed by atoms with Crippen LogP contribution in [0.5, 0.6) is 5.75 Å². The number of benzene rings is 2. The fraction of sp³-hybridized carbons (Fsp3) is 0.176. The maximum atomic E-state index is 12.3. The molecule has 0 spiro atoms. The van der Waals surface area contributed by atoms with Gasteiger partial charge in [-0.3, -0.25) is 4.79 Å². The number of aromatic carboxylic acids is 1. The van der Waals surface area contributed by atoms with Crippen LogP contribution in [0.25, 0.3) is 0 Å². The molecule has 0 aromatic heterocycles. The van der Waals surface area contributed by atoms with Crippen molar-refractivity contribution in [1.29, 1.82) is 0 Å². The molecule has 0 aliphatic carbocycles. The Morgan fingerprint density at radius 3 is 2.61 bits per heavy atom. The van der Waals surface area contributed by atoms with E-state index in [1.54, 1.807) is 24.3 Å². The zero-order valence-corrected chi connectivity index (χ0v) is 14.1. The molecule has 5 nitrogen and oxygen atoms in total. The fourth-order valence-electron chi connectivity index (χ4n) is 1.92. The van der Waals surface area contributed by atoms with Gasteiger partial charge in [0, 0.05) is 10.0 Å². The van der Waals surface area contributed by atoms with Crippen molar-refractivity contribution in [2.45, 2.75) is 13.3 Å². The highest BCUT2D eigenvalue weighted by molar-refractivity contribution is 9.10. The summed E-state index contributed by atoms with van der Waals surface area (Å²) < 4.78 is 6.35. The molecule has 6 heteroatoms. The lowest BCUT2D eigenvalue weighted by atomic mass is 10.1. The van der Waals surface area contributed by atoms with E-state index < -0.39 is 5.97 Å². The van der Waals surface area contributed by atoms with Crippen molar-refractivity contribution < 1.29 is 19.4 Å². The van der Waals surface area contributed by atoms with Gasteiger partial charge in [0.05, 0.1) is 17.9 Å². The number of halogens is 1. The van der Waals surface area contributed by atoms with E-state index in [0.717, 1.165) is 10.9 Å². The second-order valence-corrected chi connectivity index (χ2v) is 5.74. The predicted molar refractivity (Wildman–Crippen MR) is 91.3 cm³/mol. The van der Waals surface area contributed by atoms with Crippen LogP contribution in [-0.4, -0.2) is 23.6 Å². The molecule has 0 saturated heterocycles. The first-order valence-electron chi connectivity index (χ1n) is 7.08. The number of rotatable bonds is 6. The van der Waals surface area contributed by atoms with E-state index in [9.17, 15) is 9.59 Å². The first-order valence-corrected chi connectivity index (χ1v) is 7.87. The number of carbonyl (C=O) groups excluding carboxylic acids is 1. The minimum Gasteiger partial charge on any atom is -0.491 e. The third-order valence-corrected chi connectivity index (χ3v) is 3.52. The summed E-state index contributed by atoms with van der Waals surface area (Å²) in [6, 6.07) is 11.3. The van der Waals surface area contributed by atoms with E-state index in [1.165, 1.54) is 12.1 Å². The van der Waals surface area contributed by atoms with Crippen molar-refractivity contribution in [3.8, 4) is 5.75 Å². The molecule has 0 radical (unpaired) electrons. The summed E-state index contributed by atoms with van der Waals surface area (Å²) in [7, 11) is 0. The van der Waals surface area contributed by atoms with E-state index in [1.807, 2.05) is 13.0 Å². The van der Waals surface area contributed by atoms with Crippen LogP contribution in [0.2, 0.25) is 0 Å². The summed E-state index contributed by atoms with van der Waals surface area (Å²) in [4.78, 5) is 23.5. The van der Waals surface area contributed by atoms with Crippen molar-refractivity contribution >= 4 is 33.5 Å². The molecule has 2 aromatic rings. The molecule has 0 saturated carbocycles. The zero-order valence-electron chi connectivity index (χ0n) is 12.5. The fourth-order valence-corrected chi connectivity index (χ4v) is 2.32. The van der Waals surface area contributed by atoms with Crippen LogP contribution in [0.3, 0.4) is 0 Å². The Bertz CT molecular complexity index is 730. The Morgan fingerprint density at radius 1 is 1.17 bits per heavy atom. The van der Waals surface area contributed by atoms with E-state index in [-0.39, 0.29) is 11.5 Å². The molecule has 0 aliphatic heterocycles. The number of nitrogens with one attached hydrogen (secondary N) is 1. The van der Waals surface area contributed by atoms with Crippen LogP contribution < -0.4 is 10.1 Å². The SMILES string of the molecule is CCCOc1ccc(C(=O)O)cc1NC(=O)c1cccc(Br)c1. The largest absolute Gasteiger partial charge is 0.491 e. The molecule has 120 valence electrons. The highest BCUT2D eigenvalue weighted by Crippen LogP contribution is 2.27. The molecule has 0 bridgehead atoms. The first kappa shape index (κ1) is 17.0. The first-order chi connectivity index (χ1) is 11.0. The van der Waals surface area contributed by atoms with Gasteiger partial charge in [0.1, 0.15) is 5.75 Å². The number of carboxylic acids is 1. The second kappa shape index (κ2) is 7.78. The number of carbonyl (C=O) groups is 2. The van der Waals surface area contributed by atoms with Crippen molar-refractivity contribution in [3.63, 3.8) is 0 Å². The number of carboxylic acid groups (broad SMARTS) is 1. The second-order valence-electron chi connectivity index (χ2n) is 4.83. The van der Waals surface area contributed by atoms with Gasteiger partial charge in [-0.1, -0.05) is 28.9 Å². The molecule has 1 amide bonds. The smallest absolute Gasteiger partial charge is 0.335 e. The Kier molecular flexibility index (Phi) is 5.76. The number of amides is 1. The maximum absolute atomic E-state index is 12.3. The van der Waals surface area contributed by atoms with Gasteiger partial charge in [0.25, 0.3) is 5.91 Å². The van der Waals surface area contributed by atoms with Crippen LogP contribution in [-0.2, 0) is 0 Å². The molecular formula is C17H16BrNO4. The van der Waals surface area contributed by atoms with Crippen molar-refractivity contribution in [1.82, 2.24) is 0 Å². The van der Waals surface area contributed by atoms with Crippen molar-refractivity contribution in [2.75, 3.05) is 11.9 Å². The van der Waals surface area contributed by atoms with Crippen LogP contribution in [0.15, 0.2) is 46.9 Å². The number of hydrogen-bond acceptors (Lipinski definition) is 3. The van der Waals surface area contributed by atoms with Gasteiger partial charge in [-0.25, -0.2) is 4.79 Å². The van der Waals surface area contributed by atoms with Crippen LogP contribution in [0, 0.1) is 0 Å². The van der Waals surface area contributed by atoms with E-state index in [0.29, 0.717) is 23.6 Å². The lowest BCUT2D eigenvalue weighted by molar-refractivity contribution is 0.0696. The lowest BCUT2D eigenvalue weighted by Gasteiger charge is -2.13. The van der Waals surface area contributed by atoms with Crippen molar-refractivity contribution in [2.24, 2.45) is 0 Å². The topological polar surface area (TPSA) is 75.6 Å². The number of anilines is 1. The average molecular weight is 378 g/mol. The molecular weight excluding hydrogens is 362 g/mol. The highest BCUT2D eigenvalue weighted by Gasteiger charge is 2.13. The summed E-state index contributed by atoms with van der Waals surface area (Å²) in [5.74, 6) is -0.958. The summed E-state index contributed by atoms with van der Waals surface area (Å²) >= 11 is 3.31. The number of hydrogen-bond donors (Lipinski definition) is 2. The van der Waals surface area contributed by atoms with E-state index in [4.69, 9.17) is 9.84 Å². The molecule has 2 aromatic carbocycles. The lowest BCUT2D eigenvalue weighted by Crippen LogP contribution is -2.14. The van der Waals surface area contributed by atoms with Gasteiger partial charge in [0.15, 0.2) is 0 Å². The molecule has 2 rings (SSSR count). The summed E-state index contributed by atoms with van der Waals surface area (Å²) in [6.45, 7) is 2.44. The molecule has 0 unspecified atom stereocenters. The monoisotopic (exact) mass is 377 g/mol. The van der Waals surface area contributed by atoms with E-state index in [2.05, 4.69) is 21.2 Å². The molecule has 0 aliphatic rings. The Balaban J connectivity index is 2.29. The van der Waals surface area contributed by atoms with Crippen LogP contribution in [0.4, 0.5) is 5.69 Å². The van der Waals surface area contributed by atoms with Gasteiger partial charge in [-0.2, -0.15) is 0 Å². The Hall–Kier alpha value is -2.34. The van der Waals surface area contributed by atoms with Gasteiger partial charge in [-0.05, 0) is 42.8 Å². The van der Waals surface area contributed by atoms with Gasteiger partial charge in [-0.15, -0.1) is 0 Å². The molecule has 2 N–H and O–H groups in total. The number of ether oxygens (including phenoxy) is 1. The average Bonchev–Trinajstić information content (AvgIpc) is 2.53. The quantitative estimate of drug-likeness (QED) is 0.791. The predicted octanol–water partition coefficient (Wildman–Crippen LogP) is 4.19. The summed E-state index contributed by atoms with van der Waals surface area (Å²) in [6.07, 6.45) is 0.805. The highest BCUT2D eigenvalue weighted by atomic mass is 79.9. The van der Waals surface area contributed by atoms with Crippen LogP contribution in [0.1, 0.15) is 34.1 Å². The van der Waals surface area contributed by atoms with Gasteiger partial charge >= 0.3 is 5.97 Å². The van der Waals surface area contributed by atoms with E-state index >= 15 is 0 Å². The Labute approximate surface area is 142 Å². The van der Waals surface area contributed by atoms with Crippen molar-refractivity contribution in [3.05, 3.63) is 58.1 Å². The standard InChI is InChI=1S/C17H16BrNO4/c1-2-8-23-15-7-6-12(17(21)22)10-14(15)19-16(20)11-4-3-5-13(18)9-11/h3-7,9-10H,2,8H2,1H3,(H,19,20)(H,21,22). The summed E-state index contributed by atoms with van der Waals surface area (Å²) in [5, 5.41) is 11.8. The zero-order chi connectivity index (χ0) is 16.8. The van der Waals surface area contributed by atoms with Gasteiger partial charge < -0.3 is 15.2 Å². The minimum atomic E-state index is -1.06. The molecule has 0 atom stereocenters. The molecule has 23 heavy (non-hydrogen) atoms. The normalized spacial score (nSPS) is 10.2. The minimum absolute atomic E-state index is 0.0818. The maximum Gasteiger partial charge on any atom is 0.335 e. The third-order valence-electron chi connectivity index (χ3n) is 3.02. The van der Waals surface area contributed by atoms with Crippen LogP contribution >= 0.6 is 15.9 Å². The van der Waals surface area contributed by atoms with Gasteiger partial charge in [0.2, 0.25) is 0 Å². The summed E-state index contributed by atoms with van der Waals surface area (Å²) in [5.41, 5.74) is 0.878. The Morgan fingerprint density at radius 2 is 1.96 bits per heavy atom.